The average Bonchev–Trinajstić information content (AvgIpc) is 2.59. The molecule has 2 amide bonds. The van der Waals surface area contributed by atoms with Gasteiger partial charge in [-0.15, -0.1) is 0 Å². The van der Waals surface area contributed by atoms with E-state index in [1.54, 1.807) is 0 Å². The number of hydrogen-bond acceptors (Lipinski definition) is 3. The van der Waals surface area contributed by atoms with Crippen molar-refractivity contribution in [3.05, 3.63) is 0 Å². The highest BCUT2D eigenvalue weighted by molar-refractivity contribution is 5.88. The van der Waals surface area contributed by atoms with E-state index in [0.29, 0.717) is 0 Å². The molecule has 1 aliphatic heterocycles. The molecule has 1 saturated heterocycles. The molecule has 2 fully saturated rings. The fourth-order valence-corrected chi connectivity index (χ4v) is 3.63. The van der Waals surface area contributed by atoms with Crippen LogP contribution < -0.4 is 5.32 Å². The van der Waals surface area contributed by atoms with Crippen LogP contribution in [0.4, 0.5) is 0 Å². The van der Waals surface area contributed by atoms with E-state index in [4.69, 9.17) is 0 Å². The van der Waals surface area contributed by atoms with Gasteiger partial charge in [0.25, 0.3) is 0 Å². The van der Waals surface area contributed by atoms with Crippen molar-refractivity contribution < 1.29 is 9.59 Å². The molecule has 5 nitrogen and oxygen atoms in total. The highest BCUT2D eigenvalue weighted by Crippen LogP contribution is 2.24. The number of carbonyl (C=O) groups excluding carboxylic acids is 2. The third kappa shape index (κ3) is 4.93. The Labute approximate surface area is 140 Å². The summed E-state index contributed by atoms with van der Waals surface area (Å²) in [6, 6.07) is -0.377. The number of nitrogens with zero attached hydrogens (tertiary/aromatic N) is 2. The predicted octanol–water partition coefficient (Wildman–Crippen LogP) is 1.87. The molecular weight excluding hydrogens is 290 g/mol. The van der Waals surface area contributed by atoms with Crippen LogP contribution in [0, 0.1) is 11.8 Å². The number of likely N-dealkylation sites (N-methyl/N-ethyl adjacent to an activating group) is 1. The van der Waals surface area contributed by atoms with Gasteiger partial charge in [0.05, 0.1) is 0 Å². The standard InChI is InChI=1S/C18H33N3O2/c1-4-20-10-12-21(13-11-20)18(23)16(14(2)3)19-17(22)15-8-6-5-7-9-15/h14-16H,4-13H2,1-3H3,(H,19,22). The molecule has 1 unspecified atom stereocenters. The number of rotatable bonds is 5. The molecule has 0 spiro atoms. The van der Waals surface area contributed by atoms with Crippen molar-refractivity contribution in [2.75, 3.05) is 32.7 Å². The maximum atomic E-state index is 12.8. The Morgan fingerprint density at radius 2 is 1.65 bits per heavy atom. The van der Waals surface area contributed by atoms with Gasteiger partial charge in [-0.25, -0.2) is 0 Å². The Hall–Kier alpha value is -1.10. The zero-order valence-corrected chi connectivity index (χ0v) is 15.0. The summed E-state index contributed by atoms with van der Waals surface area (Å²) in [5.41, 5.74) is 0. The summed E-state index contributed by atoms with van der Waals surface area (Å²) >= 11 is 0. The molecule has 2 aliphatic rings. The van der Waals surface area contributed by atoms with Gasteiger partial charge in [0.1, 0.15) is 6.04 Å². The number of nitrogens with one attached hydrogen (secondary N) is 1. The maximum absolute atomic E-state index is 12.8. The van der Waals surface area contributed by atoms with Crippen molar-refractivity contribution in [1.82, 2.24) is 15.1 Å². The minimum atomic E-state index is -0.377. The Kier molecular flexibility index (Phi) is 6.88. The van der Waals surface area contributed by atoms with E-state index in [2.05, 4.69) is 17.1 Å². The highest BCUT2D eigenvalue weighted by Gasteiger charge is 2.32. The van der Waals surface area contributed by atoms with Gasteiger partial charge < -0.3 is 15.1 Å². The van der Waals surface area contributed by atoms with Crippen LogP contribution in [0.5, 0.6) is 0 Å². The van der Waals surface area contributed by atoms with E-state index >= 15 is 0 Å². The van der Waals surface area contributed by atoms with E-state index < -0.39 is 0 Å². The monoisotopic (exact) mass is 323 g/mol. The molecule has 0 aromatic carbocycles. The fourth-order valence-electron chi connectivity index (χ4n) is 3.63. The molecule has 0 aromatic heterocycles. The molecule has 1 atom stereocenters. The first kappa shape index (κ1) is 18.2. The molecule has 0 bridgehead atoms. The summed E-state index contributed by atoms with van der Waals surface area (Å²) in [5, 5.41) is 3.06. The highest BCUT2D eigenvalue weighted by atomic mass is 16.2. The molecule has 5 heteroatoms. The van der Waals surface area contributed by atoms with Crippen molar-refractivity contribution in [2.24, 2.45) is 11.8 Å². The first-order valence-electron chi connectivity index (χ1n) is 9.34. The Bertz CT molecular complexity index is 397. The molecule has 0 radical (unpaired) electrons. The second kappa shape index (κ2) is 8.67. The van der Waals surface area contributed by atoms with Crippen molar-refractivity contribution in [2.45, 2.75) is 58.9 Å². The third-order valence-corrected chi connectivity index (χ3v) is 5.34. The molecular formula is C18H33N3O2. The van der Waals surface area contributed by atoms with Gasteiger partial charge in [0.15, 0.2) is 0 Å². The number of piperazine rings is 1. The van der Waals surface area contributed by atoms with Crippen LogP contribution in [0.25, 0.3) is 0 Å². The Morgan fingerprint density at radius 1 is 1.04 bits per heavy atom. The van der Waals surface area contributed by atoms with Crippen molar-refractivity contribution in [1.29, 1.82) is 0 Å². The second-order valence-corrected chi connectivity index (χ2v) is 7.32. The first-order valence-corrected chi connectivity index (χ1v) is 9.34. The van der Waals surface area contributed by atoms with Crippen LogP contribution >= 0.6 is 0 Å². The normalized spacial score (nSPS) is 22.2. The zero-order valence-electron chi connectivity index (χ0n) is 15.0. The lowest BCUT2D eigenvalue weighted by atomic mass is 9.88. The van der Waals surface area contributed by atoms with Crippen LogP contribution in [0.3, 0.4) is 0 Å². The fraction of sp³-hybridized carbons (Fsp3) is 0.889. The molecule has 1 saturated carbocycles. The minimum Gasteiger partial charge on any atom is -0.344 e. The lowest BCUT2D eigenvalue weighted by Crippen LogP contribution is -2.57. The van der Waals surface area contributed by atoms with Crippen molar-refractivity contribution in [3.8, 4) is 0 Å². The van der Waals surface area contributed by atoms with Gasteiger partial charge in [-0.05, 0) is 25.3 Å². The van der Waals surface area contributed by atoms with Crippen LogP contribution in [-0.2, 0) is 9.59 Å². The van der Waals surface area contributed by atoms with E-state index in [1.807, 2.05) is 18.7 Å². The third-order valence-electron chi connectivity index (χ3n) is 5.34. The average molecular weight is 323 g/mol. The first-order chi connectivity index (χ1) is 11.0. The van der Waals surface area contributed by atoms with Crippen LogP contribution in [0.1, 0.15) is 52.9 Å². The molecule has 23 heavy (non-hydrogen) atoms. The largest absolute Gasteiger partial charge is 0.344 e. The summed E-state index contributed by atoms with van der Waals surface area (Å²) < 4.78 is 0. The van der Waals surface area contributed by atoms with E-state index in [1.165, 1.54) is 6.42 Å². The van der Waals surface area contributed by atoms with Gasteiger partial charge in [-0.2, -0.15) is 0 Å². The van der Waals surface area contributed by atoms with Gasteiger partial charge in [0.2, 0.25) is 11.8 Å². The predicted molar refractivity (Wildman–Crippen MR) is 92.0 cm³/mol. The lowest BCUT2D eigenvalue weighted by Gasteiger charge is -2.37. The van der Waals surface area contributed by atoms with Crippen LogP contribution in [0.15, 0.2) is 0 Å². The van der Waals surface area contributed by atoms with Crippen molar-refractivity contribution in [3.63, 3.8) is 0 Å². The topological polar surface area (TPSA) is 52.6 Å². The van der Waals surface area contributed by atoms with Gasteiger partial charge in [-0.1, -0.05) is 40.0 Å². The van der Waals surface area contributed by atoms with Gasteiger partial charge >= 0.3 is 0 Å². The molecule has 1 aliphatic carbocycles. The SMILES string of the molecule is CCN1CCN(C(=O)C(NC(=O)C2CCCCC2)C(C)C)CC1. The molecule has 132 valence electrons. The Morgan fingerprint density at radius 3 is 2.17 bits per heavy atom. The molecule has 1 N–H and O–H groups in total. The summed E-state index contributed by atoms with van der Waals surface area (Å²) in [4.78, 5) is 29.6. The lowest BCUT2D eigenvalue weighted by molar-refractivity contribution is -0.140. The van der Waals surface area contributed by atoms with Crippen LogP contribution in [0.2, 0.25) is 0 Å². The zero-order chi connectivity index (χ0) is 16.8. The van der Waals surface area contributed by atoms with Crippen molar-refractivity contribution >= 4 is 11.8 Å². The van der Waals surface area contributed by atoms with Gasteiger partial charge in [0, 0.05) is 32.1 Å². The molecule has 0 aromatic rings. The molecule has 1 heterocycles. The smallest absolute Gasteiger partial charge is 0.245 e. The maximum Gasteiger partial charge on any atom is 0.245 e. The number of amides is 2. The Balaban J connectivity index is 1.92. The minimum absolute atomic E-state index is 0.0870. The molecule has 2 rings (SSSR count). The number of hydrogen-bond donors (Lipinski definition) is 1. The summed E-state index contributed by atoms with van der Waals surface area (Å²) in [6.45, 7) is 10.6. The summed E-state index contributed by atoms with van der Waals surface area (Å²) in [6.07, 6.45) is 5.45. The van der Waals surface area contributed by atoms with E-state index in [0.717, 1.165) is 58.4 Å². The van der Waals surface area contributed by atoms with E-state index in [-0.39, 0.29) is 29.7 Å². The number of carbonyl (C=O) groups is 2. The van der Waals surface area contributed by atoms with Gasteiger partial charge in [-0.3, -0.25) is 9.59 Å². The summed E-state index contributed by atoms with van der Waals surface area (Å²) in [5.74, 6) is 0.415. The summed E-state index contributed by atoms with van der Waals surface area (Å²) in [7, 11) is 0. The second-order valence-electron chi connectivity index (χ2n) is 7.32. The van der Waals surface area contributed by atoms with Crippen LogP contribution in [-0.4, -0.2) is 60.4 Å². The quantitative estimate of drug-likeness (QED) is 0.840. The van der Waals surface area contributed by atoms with E-state index in [9.17, 15) is 9.59 Å².